The Kier molecular flexibility index (Phi) is 5.54. The summed E-state index contributed by atoms with van der Waals surface area (Å²) < 4.78 is 11.6. The van der Waals surface area contributed by atoms with Crippen molar-refractivity contribution < 1.29 is 44.6 Å². The predicted octanol–water partition coefficient (Wildman–Crippen LogP) is 5.07. The maximum Gasteiger partial charge on any atom is 0.197 e. The van der Waals surface area contributed by atoms with Crippen molar-refractivity contribution in [3.05, 3.63) is 88.1 Å². The van der Waals surface area contributed by atoms with Crippen molar-refractivity contribution in [1.82, 2.24) is 0 Å². The minimum absolute atomic E-state index is 0.0215. The van der Waals surface area contributed by atoms with Crippen LogP contribution in [0.3, 0.4) is 0 Å². The van der Waals surface area contributed by atoms with Crippen LogP contribution in [0, 0.1) is 0 Å². The highest BCUT2D eigenvalue weighted by Crippen LogP contribution is 2.47. The van der Waals surface area contributed by atoms with Crippen molar-refractivity contribution in [1.29, 1.82) is 0 Å². The van der Waals surface area contributed by atoms with Crippen LogP contribution in [0.2, 0.25) is 0 Å². The van der Waals surface area contributed by atoms with E-state index in [-0.39, 0.29) is 62.8 Å². The van der Waals surface area contributed by atoms with Crippen LogP contribution in [0.4, 0.5) is 0 Å². The van der Waals surface area contributed by atoms with Gasteiger partial charge in [-0.2, -0.15) is 0 Å². The zero-order valence-corrected chi connectivity index (χ0v) is 20.5. The maximum atomic E-state index is 13.1. The van der Waals surface area contributed by atoms with Crippen molar-refractivity contribution in [3.63, 3.8) is 0 Å². The highest BCUT2D eigenvalue weighted by atomic mass is 16.5. The van der Waals surface area contributed by atoms with Crippen LogP contribution >= 0.6 is 0 Å². The lowest BCUT2D eigenvalue weighted by atomic mass is 9.92. The Morgan fingerprint density at radius 3 is 2.17 bits per heavy atom. The molecule has 0 amide bonds. The number of phenolic OH excluding ortho intramolecular Hbond substituents is 6. The topological polar surface area (TPSA) is 178 Å². The van der Waals surface area contributed by atoms with Gasteiger partial charge in [-0.1, -0.05) is 6.07 Å². The van der Waals surface area contributed by atoms with E-state index in [1.807, 2.05) is 0 Å². The molecule has 6 N–H and O–H groups in total. The normalized spacial score (nSPS) is 14.6. The molecule has 2 heterocycles. The number of carbonyl (C=O) groups is 1. The van der Waals surface area contributed by atoms with E-state index in [9.17, 15) is 40.2 Å². The molecular weight excluding hydrogens is 520 g/mol. The third kappa shape index (κ3) is 3.99. The molecule has 0 saturated heterocycles. The molecule has 5 aromatic rings. The molecule has 200 valence electrons. The first kappa shape index (κ1) is 24.7. The number of fused-ring (bicyclic) bond motifs is 2. The number of ether oxygens (including phenoxy) is 1. The number of hydrogen-bond donors (Lipinski definition) is 6. The summed E-state index contributed by atoms with van der Waals surface area (Å²) in [5.41, 5.74) is -0.208. The Morgan fingerprint density at radius 2 is 1.43 bits per heavy atom. The molecule has 1 aliphatic rings. The quantitative estimate of drug-likeness (QED) is 0.181. The molecule has 6 rings (SSSR count). The molecule has 10 nitrogen and oxygen atoms in total. The molecule has 1 atom stereocenters. The monoisotopic (exact) mass is 540 g/mol. The summed E-state index contributed by atoms with van der Waals surface area (Å²) in [5, 5.41) is 61.8. The van der Waals surface area contributed by atoms with E-state index < -0.39 is 34.6 Å². The number of phenols is 6. The highest BCUT2D eigenvalue weighted by Gasteiger charge is 2.32. The van der Waals surface area contributed by atoms with Crippen LogP contribution in [0.1, 0.15) is 28.4 Å². The van der Waals surface area contributed by atoms with Crippen LogP contribution in [0.15, 0.2) is 75.9 Å². The van der Waals surface area contributed by atoms with E-state index in [0.29, 0.717) is 11.1 Å². The summed E-state index contributed by atoms with van der Waals surface area (Å²) in [5.74, 6) is -2.46. The van der Waals surface area contributed by atoms with E-state index in [0.717, 1.165) is 18.2 Å². The van der Waals surface area contributed by atoms with E-state index in [4.69, 9.17) is 9.15 Å². The smallest absolute Gasteiger partial charge is 0.197 e. The Hall–Kier alpha value is -5.64. The lowest BCUT2D eigenvalue weighted by Crippen LogP contribution is -2.20. The molecular formula is C30H20O10. The fourth-order valence-corrected chi connectivity index (χ4v) is 4.89. The lowest BCUT2D eigenvalue weighted by molar-refractivity contribution is 0.0845. The molecule has 4 aromatic carbocycles. The number of ketones is 1. The van der Waals surface area contributed by atoms with Crippen molar-refractivity contribution >= 4 is 16.8 Å². The first-order chi connectivity index (χ1) is 19.1. The molecule has 0 aliphatic carbocycles. The van der Waals surface area contributed by atoms with Gasteiger partial charge in [-0.05, 0) is 42.0 Å². The fourth-order valence-electron chi connectivity index (χ4n) is 4.89. The average Bonchev–Trinajstić information content (AvgIpc) is 2.89. The Labute approximate surface area is 224 Å². The first-order valence-electron chi connectivity index (χ1n) is 12.0. The van der Waals surface area contributed by atoms with Gasteiger partial charge in [0.05, 0.1) is 12.0 Å². The summed E-state index contributed by atoms with van der Waals surface area (Å²) >= 11 is 0. The molecule has 10 heteroatoms. The van der Waals surface area contributed by atoms with Gasteiger partial charge in [0.2, 0.25) is 0 Å². The van der Waals surface area contributed by atoms with Gasteiger partial charge in [-0.25, -0.2) is 0 Å². The number of carbonyl (C=O) groups excluding carboxylic acids is 1. The van der Waals surface area contributed by atoms with Crippen LogP contribution in [-0.2, 0) is 0 Å². The van der Waals surface area contributed by atoms with Gasteiger partial charge in [-0.15, -0.1) is 0 Å². The van der Waals surface area contributed by atoms with Crippen molar-refractivity contribution in [3.8, 4) is 62.7 Å². The van der Waals surface area contributed by atoms with Gasteiger partial charge in [0.1, 0.15) is 68.6 Å². The summed E-state index contributed by atoms with van der Waals surface area (Å²) in [4.78, 5) is 25.8. The molecule has 0 bridgehead atoms. The summed E-state index contributed by atoms with van der Waals surface area (Å²) in [7, 11) is 0. The Balaban J connectivity index is 1.45. The lowest BCUT2D eigenvalue weighted by Gasteiger charge is -2.26. The van der Waals surface area contributed by atoms with Gasteiger partial charge in [0.25, 0.3) is 0 Å². The number of benzene rings is 4. The molecule has 0 spiro atoms. The zero-order chi connectivity index (χ0) is 28.3. The summed E-state index contributed by atoms with van der Waals surface area (Å²) in [6.45, 7) is 0. The largest absolute Gasteiger partial charge is 0.508 e. The Bertz CT molecular complexity index is 1900. The van der Waals surface area contributed by atoms with E-state index in [1.54, 1.807) is 0 Å². The van der Waals surface area contributed by atoms with Gasteiger partial charge in [0, 0.05) is 35.4 Å². The van der Waals surface area contributed by atoms with Crippen LogP contribution < -0.4 is 10.2 Å². The second-order valence-corrected chi connectivity index (χ2v) is 9.36. The van der Waals surface area contributed by atoms with Gasteiger partial charge < -0.3 is 39.8 Å². The predicted molar refractivity (Wildman–Crippen MR) is 142 cm³/mol. The van der Waals surface area contributed by atoms with Gasteiger partial charge in [-0.3, -0.25) is 9.59 Å². The van der Waals surface area contributed by atoms with Crippen LogP contribution in [0.5, 0.6) is 40.2 Å². The standard InChI is InChI=1S/C30H20O10/c31-15-4-1-13(2-5-15)23-11-22(37)29-26(39-23)12-20(35)27(30(29)38)17-7-14(3-6-18(17)33)24-10-21(36)28-19(34)8-16(32)9-25(28)40-24/h1-9,11-12,24,31-35,38H,10H2. The molecule has 40 heavy (non-hydrogen) atoms. The molecule has 0 radical (unpaired) electrons. The van der Waals surface area contributed by atoms with Crippen molar-refractivity contribution in [2.24, 2.45) is 0 Å². The van der Waals surface area contributed by atoms with Crippen molar-refractivity contribution in [2.45, 2.75) is 12.5 Å². The van der Waals surface area contributed by atoms with Gasteiger partial charge >= 0.3 is 0 Å². The zero-order valence-electron chi connectivity index (χ0n) is 20.5. The van der Waals surface area contributed by atoms with Gasteiger partial charge in [0.15, 0.2) is 11.2 Å². The second-order valence-electron chi connectivity index (χ2n) is 9.36. The minimum Gasteiger partial charge on any atom is -0.508 e. The second kappa shape index (κ2) is 8.98. The number of aromatic hydroxyl groups is 6. The summed E-state index contributed by atoms with van der Waals surface area (Å²) in [6.07, 6.45) is -1.06. The number of Topliss-reactive ketones (excluding diaryl/α,β-unsaturated/α-hetero) is 1. The maximum absolute atomic E-state index is 13.1. The third-order valence-electron chi connectivity index (χ3n) is 6.77. The molecule has 1 unspecified atom stereocenters. The van der Waals surface area contributed by atoms with Crippen molar-refractivity contribution in [2.75, 3.05) is 0 Å². The molecule has 0 fully saturated rings. The first-order valence-corrected chi connectivity index (χ1v) is 12.0. The SMILES string of the molecule is O=C1CC(c2ccc(O)c(-c3c(O)cc4oc(-c5ccc(O)cc5)cc(=O)c4c3O)c2)Oc2cc(O)cc(O)c21. The van der Waals surface area contributed by atoms with E-state index in [1.165, 1.54) is 48.5 Å². The van der Waals surface area contributed by atoms with Crippen LogP contribution in [-0.4, -0.2) is 36.4 Å². The number of hydrogen-bond acceptors (Lipinski definition) is 10. The van der Waals surface area contributed by atoms with Crippen LogP contribution in [0.25, 0.3) is 33.4 Å². The van der Waals surface area contributed by atoms with E-state index >= 15 is 0 Å². The molecule has 1 aromatic heterocycles. The third-order valence-corrected chi connectivity index (χ3v) is 6.77. The fraction of sp³-hybridized carbons (Fsp3) is 0.0667. The average molecular weight is 540 g/mol. The number of rotatable bonds is 3. The highest BCUT2D eigenvalue weighted by molar-refractivity contribution is 6.03. The summed E-state index contributed by atoms with van der Waals surface area (Å²) in [6, 6.07) is 14.6. The molecule has 1 aliphatic heterocycles. The molecule has 0 saturated carbocycles. The van der Waals surface area contributed by atoms with E-state index in [2.05, 4.69) is 0 Å². The minimum atomic E-state index is -0.886. The Morgan fingerprint density at radius 1 is 0.700 bits per heavy atom.